The van der Waals surface area contributed by atoms with Gasteiger partial charge in [-0.25, -0.2) is 0 Å². The lowest BCUT2D eigenvalue weighted by molar-refractivity contribution is -0.121. The summed E-state index contributed by atoms with van der Waals surface area (Å²) in [4.78, 5) is 14.1. The molecule has 0 radical (unpaired) electrons. The van der Waals surface area contributed by atoms with Crippen molar-refractivity contribution < 1.29 is 14.6 Å². The largest absolute Gasteiger partial charge is 0.399 e. The van der Waals surface area contributed by atoms with E-state index in [9.17, 15) is 4.79 Å². The normalized spacial score (nSPS) is 12.4. The molecule has 0 aromatic heterocycles. The van der Waals surface area contributed by atoms with E-state index in [0.29, 0.717) is 36.1 Å². The van der Waals surface area contributed by atoms with Crippen molar-refractivity contribution in [2.24, 2.45) is 0 Å². The Morgan fingerprint density at radius 1 is 1.52 bits per heavy atom. The van der Waals surface area contributed by atoms with E-state index in [4.69, 9.17) is 27.2 Å². The lowest BCUT2D eigenvalue weighted by Gasteiger charge is -2.27. The number of amides is 1. The summed E-state index contributed by atoms with van der Waals surface area (Å²) in [5, 5.41) is 12.2. The van der Waals surface area contributed by atoms with Gasteiger partial charge in [-0.15, -0.1) is 0 Å². The Labute approximate surface area is 129 Å². The molecule has 4 N–H and O–H groups in total. The highest BCUT2D eigenvalue weighted by atomic mass is 35.5. The van der Waals surface area contributed by atoms with Crippen LogP contribution in [0.15, 0.2) is 18.2 Å². The van der Waals surface area contributed by atoms with E-state index in [2.05, 4.69) is 5.32 Å². The number of hydrogen-bond acceptors (Lipinski definition) is 5. The smallest absolute Gasteiger partial charge is 0.241 e. The first-order valence-corrected chi connectivity index (χ1v) is 7.07. The van der Waals surface area contributed by atoms with Crippen molar-refractivity contribution >= 4 is 28.9 Å². The van der Waals surface area contributed by atoms with Crippen LogP contribution in [0.1, 0.15) is 6.92 Å². The molecule has 7 heteroatoms. The number of methoxy groups -OCH3 is 1. The number of nitrogens with two attached hydrogens (primary N) is 1. The number of anilines is 2. The first-order chi connectivity index (χ1) is 9.99. The van der Waals surface area contributed by atoms with Crippen molar-refractivity contribution in [3.63, 3.8) is 0 Å². The highest BCUT2D eigenvalue weighted by molar-refractivity contribution is 6.34. The molecular weight excluding hydrogens is 294 g/mol. The summed E-state index contributed by atoms with van der Waals surface area (Å²) in [5.41, 5.74) is 6.66. The zero-order valence-corrected chi connectivity index (χ0v) is 13.1. The Kier molecular flexibility index (Phi) is 7.45. The number of halogens is 1. The molecule has 1 rings (SSSR count). The van der Waals surface area contributed by atoms with Crippen LogP contribution < -0.4 is 11.1 Å². The van der Waals surface area contributed by atoms with Crippen LogP contribution in [0.4, 0.5) is 11.4 Å². The Hall–Kier alpha value is -1.34. The third-order valence-electron chi connectivity index (χ3n) is 3.15. The number of hydrogen-bond donors (Lipinski definition) is 3. The number of carbonyl (C=O) groups excluding carboxylic acids is 1. The monoisotopic (exact) mass is 315 g/mol. The minimum absolute atomic E-state index is 0.0238. The number of aliphatic hydroxyl groups excluding tert-OH is 1. The van der Waals surface area contributed by atoms with Crippen LogP contribution in [0.3, 0.4) is 0 Å². The number of rotatable bonds is 8. The number of ether oxygens (including phenoxy) is 1. The Morgan fingerprint density at radius 2 is 2.24 bits per heavy atom. The lowest BCUT2D eigenvalue weighted by atomic mass is 10.2. The number of nitrogen functional groups attached to an aromatic ring is 1. The molecule has 0 bridgehead atoms. The predicted molar refractivity (Wildman–Crippen MR) is 84.5 cm³/mol. The molecule has 0 saturated heterocycles. The zero-order valence-electron chi connectivity index (χ0n) is 12.3. The SMILES string of the molecule is COCCN(CCO)C(C)C(=O)Nc1ccc(N)cc1Cl. The quantitative estimate of drug-likeness (QED) is 0.627. The maximum Gasteiger partial charge on any atom is 0.241 e. The van der Waals surface area contributed by atoms with E-state index >= 15 is 0 Å². The summed E-state index contributed by atoms with van der Waals surface area (Å²) in [6.07, 6.45) is 0. The van der Waals surface area contributed by atoms with Crippen molar-refractivity contribution in [2.45, 2.75) is 13.0 Å². The molecule has 1 atom stereocenters. The summed E-state index contributed by atoms with van der Waals surface area (Å²) < 4.78 is 5.01. The van der Waals surface area contributed by atoms with Crippen molar-refractivity contribution in [1.29, 1.82) is 0 Å². The van der Waals surface area contributed by atoms with E-state index < -0.39 is 6.04 Å². The number of carbonyl (C=O) groups is 1. The molecule has 21 heavy (non-hydrogen) atoms. The average molecular weight is 316 g/mol. The van der Waals surface area contributed by atoms with Crippen molar-refractivity contribution in [2.75, 3.05) is 44.5 Å². The molecule has 1 aromatic rings. The second-order valence-corrected chi connectivity index (χ2v) is 5.06. The van der Waals surface area contributed by atoms with Crippen LogP contribution in [0.2, 0.25) is 5.02 Å². The number of nitrogens with one attached hydrogen (secondary N) is 1. The highest BCUT2D eigenvalue weighted by Gasteiger charge is 2.21. The average Bonchev–Trinajstić information content (AvgIpc) is 2.45. The summed E-state index contributed by atoms with van der Waals surface area (Å²) in [7, 11) is 1.59. The Morgan fingerprint density at radius 3 is 2.81 bits per heavy atom. The van der Waals surface area contributed by atoms with Gasteiger partial charge in [0.25, 0.3) is 0 Å². The van der Waals surface area contributed by atoms with Crippen molar-refractivity contribution in [3.05, 3.63) is 23.2 Å². The molecule has 6 nitrogen and oxygen atoms in total. The standard InChI is InChI=1S/C14H22ClN3O3/c1-10(18(5-7-19)6-8-21-2)14(20)17-13-4-3-11(16)9-12(13)15/h3-4,9-10,19H,5-8,16H2,1-2H3,(H,17,20). The van der Waals surface area contributed by atoms with Crippen LogP contribution in [-0.2, 0) is 9.53 Å². The number of aliphatic hydroxyl groups is 1. The second-order valence-electron chi connectivity index (χ2n) is 4.66. The summed E-state index contributed by atoms with van der Waals surface area (Å²) >= 11 is 6.03. The molecule has 0 fully saturated rings. The minimum Gasteiger partial charge on any atom is -0.399 e. The van der Waals surface area contributed by atoms with E-state index in [0.717, 1.165) is 0 Å². The van der Waals surface area contributed by atoms with Gasteiger partial charge in [0, 0.05) is 25.9 Å². The van der Waals surface area contributed by atoms with Crippen LogP contribution in [0.5, 0.6) is 0 Å². The Bertz CT molecular complexity index is 471. The first kappa shape index (κ1) is 17.7. The van der Waals surface area contributed by atoms with E-state index in [1.165, 1.54) is 0 Å². The van der Waals surface area contributed by atoms with Gasteiger partial charge < -0.3 is 20.9 Å². The minimum atomic E-state index is -0.416. The number of benzene rings is 1. The van der Waals surface area contributed by atoms with E-state index in [1.54, 1.807) is 32.2 Å². The van der Waals surface area contributed by atoms with Gasteiger partial charge in [-0.3, -0.25) is 9.69 Å². The zero-order chi connectivity index (χ0) is 15.8. The number of nitrogens with zero attached hydrogens (tertiary/aromatic N) is 1. The van der Waals surface area contributed by atoms with Gasteiger partial charge in [-0.1, -0.05) is 11.6 Å². The molecule has 0 heterocycles. The molecule has 0 aliphatic rings. The fourth-order valence-electron chi connectivity index (χ4n) is 1.87. The van der Waals surface area contributed by atoms with Gasteiger partial charge in [-0.2, -0.15) is 0 Å². The van der Waals surface area contributed by atoms with E-state index in [-0.39, 0.29) is 12.5 Å². The van der Waals surface area contributed by atoms with Gasteiger partial charge >= 0.3 is 0 Å². The van der Waals surface area contributed by atoms with Gasteiger partial charge in [0.15, 0.2) is 0 Å². The molecule has 118 valence electrons. The summed E-state index contributed by atoms with van der Waals surface area (Å²) in [5.74, 6) is -0.203. The lowest BCUT2D eigenvalue weighted by Crippen LogP contribution is -2.45. The van der Waals surface area contributed by atoms with Crippen LogP contribution in [-0.4, -0.2) is 55.4 Å². The summed E-state index contributed by atoms with van der Waals surface area (Å²) in [6, 6.07) is 4.50. The highest BCUT2D eigenvalue weighted by Crippen LogP contribution is 2.24. The fourth-order valence-corrected chi connectivity index (χ4v) is 2.11. The van der Waals surface area contributed by atoms with Crippen LogP contribution in [0.25, 0.3) is 0 Å². The van der Waals surface area contributed by atoms with Gasteiger partial charge in [0.2, 0.25) is 5.91 Å². The van der Waals surface area contributed by atoms with Gasteiger partial charge in [-0.05, 0) is 25.1 Å². The predicted octanol–water partition coefficient (Wildman–Crippen LogP) is 1.19. The fraction of sp³-hybridized carbons (Fsp3) is 0.500. The summed E-state index contributed by atoms with van der Waals surface area (Å²) in [6.45, 7) is 3.19. The third kappa shape index (κ3) is 5.51. The Balaban J connectivity index is 2.71. The molecule has 0 aliphatic carbocycles. The molecular formula is C14H22ClN3O3. The van der Waals surface area contributed by atoms with Crippen LogP contribution >= 0.6 is 11.6 Å². The molecule has 1 amide bonds. The molecule has 0 aliphatic heterocycles. The molecule has 1 unspecified atom stereocenters. The van der Waals surface area contributed by atoms with Crippen LogP contribution in [0, 0.1) is 0 Å². The van der Waals surface area contributed by atoms with Crippen molar-refractivity contribution in [1.82, 2.24) is 4.90 Å². The maximum atomic E-state index is 12.3. The van der Waals surface area contributed by atoms with Crippen molar-refractivity contribution in [3.8, 4) is 0 Å². The second kappa shape index (κ2) is 8.84. The molecule has 0 spiro atoms. The first-order valence-electron chi connectivity index (χ1n) is 6.69. The van der Waals surface area contributed by atoms with Gasteiger partial charge in [0.05, 0.1) is 30.0 Å². The maximum absolute atomic E-state index is 12.3. The topological polar surface area (TPSA) is 87.8 Å². The molecule has 1 aromatic carbocycles. The van der Waals surface area contributed by atoms with E-state index in [1.807, 2.05) is 4.90 Å². The van der Waals surface area contributed by atoms with Gasteiger partial charge in [0.1, 0.15) is 0 Å². The molecule has 0 saturated carbocycles. The third-order valence-corrected chi connectivity index (χ3v) is 3.46.